The first kappa shape index (κ1) is 22.5. The molecule has 2 aromatic heterocycles. The van der Waals surface area contributed by atoms with Crippen molar-refractivity contribution >= 4 is 22.3 Å². The third kappa shape index (κ3) is 4.76. The number of nitrogens with one attached hydrogen (secondary N) is 1. The first-order valence-corrected chi connectivity index (χ1v) is 11.6. The van der Waals surface area contributed by atoms with Crippen LogP contribution in [0.4, 0.5) is 0 Å². The highest BCUT2D eigenvalue weighted by molar-refractivity contribution is 7.13. The average Bonchev–Trinajstić information content (AvgIpc) is 3.09. The second-order valence-corrected chi connectivity index (χ2v) is 9.85. The lowest BCUT2D eigenvalue weighted by Crippen LogP contribution is -3.11. The smallest absolute Gasteiger partial charge is 0.202 e. The van der Waals surface area contributed by atoms with E-state index in [1.807, 2.05) is 19.2 Å². The van der Waals surface area contributed by atoms with Crippen LogP contribution in [0, 0.1) is 18.8 Å². The number of rotatable bonds is 8. The van der Waals surface area contributed by atoms with Gasteiger partial charge in [-0.15, -0.1) is 11.3 Å². The minimum Gasteiger partial charge on any atom is -0.507 e. The minimum absolute atomic E-state index is 0.0872. The number of hydrogen-bond donors (Lipinski definition) is 2. The van der Waals surface area contributed by atoms with Gasteiger partial charge in [0, 0.05) is 22.9 Å². The molecule has 0 fully saturated rings. The van der Waals surface area contributed by atoms with Gasteiger partial charge in [-0.2, -0.15) is 0 Å². The molecular formula is C24H33N2O3S+. The summed E-state index contributed by atoms with van der Waals surface area (Å²) in [4.78, 5) is 19.2. The monoisotopic (exact) mass is 429 g/mol. The second-order valence-electron chi connectivity index (χ2n) is 8.99. The second kappa shape index (κ2) is 9.31. The molecule has 0 bridgehead atoms. The Bertz CT molecular complexity index is 1070. The number of aromatic nitrogens is 1. The maximum Gasteiger partial charge on any atom is 0.202 e. The normalized spacial score (nSPS) is 12.0. The molecule has 0 aliphatic rings. The van der Waals surface area contributed by atoms with Gasteiger partial charge in [0.15, 0.2) is 0 Å². The summed E-state index contributed by atoms with van der Waals surface area (Å²) in [7, 11) is 0. The molecule has 0 saturated carbocycles. The molecule has 30 heavy (non-hydrogen) atoms. The third-order valence-electron chi connectivity index (χ3n) is 5.26. The maximum absolute atomic E-state index is 13.3. The van der Waals surface area contributed by atoms with Gasteiger partial charge < -0.3 is 14.4 Å². The summed E-state index contributed by atoms with van der Waals surface area (Å²) in [5, 5.41) is 14.1. The van der Waals surface area contributed by atoms with E-state index >= 15 is 0 Å². The van der Waals surface area contributed by atoms with Crippen molar-refractivity contribution in [3.63, 3.8) is 0 Å². The summed E-state index contributed by atoms with van der Waals surface area (Å²) in [6.07, 6.45) is 2.15. The summed E-state index contributed by atoms with van der Waals surface area (Å²) in [5.74, 6) is 1.33. The van der Waals surface area contributed by atoms with E-state index in [1.54, 1.807) is 6.07 Å². The summed E-state index contributed by atoms with van der Waals surface area (Å²) >= 11 is 1.44. The van der Waals surface area contributed by atoms with Crippen LogP contribution in [-0.4, -0.2) is 23.2 Å². The zero-order valence-electron chi connectivity index (χ0n) is 18.8. The fraction of sp³-hybridized carbons (Fsp3) is 0.500. The van der Waals surface area contributed by atoms with Gasteiger partial charge in [0.1, 0.15) is 29.1 Å². The Hall–Kier alpha value is -2.18. The Morgan fingerprint density at radius 2 is 1.87 bits per heavy atom. The predicted octanol–water partition coefficient (Wildman–Crippen LogP) is 4.19. The van der Waals surface area contributed by atoms with Crippen molar-refractivity contribution in [3.05, 3.63) is 44.8 Å². The molecule has 3 rings (SSSR count). The summed E-state index contributed by atoms with van der Waals surface area (Å²) in [6, 6.07) is 1.79. The molecule has 5 nitrogen and oxygen atoms in total. The van der Waals surface area contributed by atoms with Crippen molar-refractivity contribution < 1.29 is 14.4 Å². The van der Waals surface area contributed by atoms with Crippen molar-refractivity contribution in [2.24, 2.45) is 11.8 Å². The quantitative estimate of drug-likeness (QED) is 0.563. The Kier molecular flexibility index (Phi) is 6.98. The highest BCUT2D eigenvalue weighted by atomic mass is 32.1. The van der Waals surface area contributed by atoms with E-state index in [4.69, 9.17) is 4.42 Å². The predicted molar refractivity (Wildman–Crippen MR) is 123 cm³/mol. The van der Waals surface area contributed by atoms with Gasteiger partial charge in [-0.3, -0.25) is 4.79 Å². The van der Waals surface area contributed by atoms with Crippen molar-refractivity contribution in [1.29, 1.82) is 0 Å². The molecule has 162 valence electrons. The largest absolute Gasteiger partial charge is 0.507 e. The molecular weight excluding hydrogens is 396 g/mol. The molecule has 2 heterocycles. The van der Waals surface area contributed by atoms with Crippen LogP contribution in [0.5, 0.6) is 5.75 Å². The number of phenolic OH excluding ortho intramolecular Hbond substituents is 1. The van der Waals surface area contributed by atoms with E-state index in [-0.39, 0.29) is 11.2 Å². The number of benzene rings is 1. The van der Waals surface area contributed by atoms with E-state index in [9.17, 15) is 9.90 Å². The summed E-state index contributed by atoms with van der Waals surface area (Å²) in [5.41, 5.74) is 3.29. The van der Waals surface area contributed by atoms with Crippen LogP contribution in [0.3, 0.4) is 0 Å². The van der Waals surface area contributed by atoms with E-state index in [1.165, 1.54) is 22.5 Å². The zero-order valence-corrected chi connectivity index (χ0v) is 19.7. The molecule has 0 atom stereocenters. The number of aryl methyl sites for hydroxylation is 2. The van der Waals surface area contributed by atoms with Crippen LogP contribution in [0.25, 0.3) is 21.5 Å². The first-order valence-electron chi connectivity index (χ1n) is 10.8. The number of aromatic hydroxyl groups is 1. The number of fused-ring (bicyclic) bond motifs is 1. The lowest BCUT2D eigenvalue weighted by atomic mass is 10.00. The third-order valence-corrected chi connectivity index (χ3v) is 6.26. The molecule has 0 aliphatic heterocycles. The Balaban J connectivity index is 2.16. The first-order chi connectivity index (χ1) is 14.2. The van der Waals surface area contributed by atoms with Crippen molar-refractivity contribution in [2.45, 2.75) is 54.5 Å². The molecule has 0 aliphatic carbocycles. The highest BCUT2D eigenvalue weighted by Gasteiger charge is 2.23. The summed E-state index contributed by atoms with van der Waals surface area (Å²) < 4.78 is 6.00. The van der Waals surface area contributed by atoms with Gasteiger partial charge >= 0.3 is 0 Å². The highest BCUT2D eigenvalue weighted by Crippen LogP contribution is 2.32. The van der Waals surface area contributed by atoms with Gasteiger partial charge in [-0.05, 0) is 25.0 Å². The van der Waals surface area contributed by atoms with E-state index in [0.29, 0.717) is 46.3 Å². The summed E-state index contributed by atoms with van der Waals surface area (Å²) in [6.45, 7) is 15.4. The van der Waals surface area contributed by atoms with Crippen molar-refractivity contribution in [2.75, 3.05) is 13.1 Å². The van der Waals surface area contributed by atoms with Crippen LogP contribution in [-0.2, 0) is 13.0 Å². The van der Waals surface area contributed by atoms with Gasteiger partial charge in [-0.25, -0.2) is 4.98 Å². The molecule has 1 aromatic carbocycles. The van der Waals surface area contributed by atoms with Crippen LogP contribution in [0.2, 0.25) is 0 Å². The standard InChI is InChI=1S/C24H32N2O3S/c1-7-17-8-18-22(28)20(24-25-16(6)13-30-24)12-29-23(18)19(21(17)27)11-26(9-14(2)3)10-15(4)5/h8,12-15,27H,7,9-11H2,1-6H3/p+1. The molecule has 0 spiro atoms. The number of thiazole rings is 1. The fourth-order valence-electron chi connectivity index (χ4n) is 4.08. The Labute approximate surface area is 182 Å². The zero-order chi connectivity index (χ0) is 22.0. The van der Waals surface area contributed by atoms with Gasteiger partial charge in [0.25, 0.3) is 0 Å². The lowest BCUT2D eigenvalue weighted by molar-refractivity contribution is -0.919. The number of phenols is 1. The number of hydrogen-bond acceptors (Lipinski definition) is 5. The average molecular weight is 430 g/mol. The van der Waals surface area contributed by atoms with Crippen LogP contribution >= 0.6 is 11.3 Å². The SMILES string of the molecule is CCc1cc2c(=O)c(-c3nc(C)cs3)coc2c(C[NH+](CC(C)C)CC(C)C)c1O. The van der Waals surface area contributed by atoms with E-state index < -0.39 is 0 Å². The fourth-order valence-corrected chi connectivity index (χ4v) is 4.88. The Morgan fingerprint density at radius 3 is 2.40 bits per heavy atom. The minimum atomic E-state index is -0.0872. The topological polar surface area (TPSA) is 67.8 Å². The lowest BCUT2D eigenvalue weighted by Gasteiger charge is -2.24. The van der Waals surface area contributed by atoms with E-state index in [2.05, 4.69) is 32.7 Å². The van der Waals surface area contributed by atoms with E-state index in [0.717, 1.165) is 29.9 Å². The van der Waals surface area contributed by atoms with Gasteiger partial charge in [0.2, 0.25) is 5.43 Å². The van der Waals surface area contributed by atoms with Crippen LogP contribution < -0.4 is 10.3 Å². The molecule has 2 N–H and O–H groups in total. The maximum atomic E-state index is 13.3. The molecule has 0 amide bonds. The van der Waals surface area contributed by atoms with Crippen LogP contribution in [0.1, 0.15) is 51.4 Å². The number of nitrogens with zero attached hydrogens (tertiary/aromatic N) is 1. The molecule has 0 radical (unpaired) electrons. The van der Waals surface area contributed by atoms with Crippen molar-refractivity contribution in [1.82, 2.24) is 4.98 Å². The molecule has 0 unspecified atom stereocenters. The Morgan fingerprint density at radius 1 is 1.20 bits per heavy atom. The molecule has 3 aromatic rings. The van der Waals surface area contributed by atoms with Crippen LogP contribution in [0.15, 0.2) is 26.9 Å². The van der Waals surface area contributed by atoms with Gasteiger partial charge in [-0.1, -0.05) is 34.6 Å². The molecule has 0 saturated heterocycles. The number of quaternary nitrogens is 1. The van der Waals surface area contributed by atoms with Crippen molar-refractivity contribution in [3.8, 4) is 16.3 Å². The van der Waals surface area contributed by atoms with Gasteiger partial charge in [0.05, 0.1) is 29.6 Å². The molecule has 6 heteroatoms.